The Balaban J connectivity index is 4.77. The van der Waals surface area contributed by atoms with Gasteiger partial charge in [0.2, 0.25) is 0 Å². The molecule has 0 bridgehead atoms. The number of hydrogen-bond donors (Lipinski definition) is 0. The average Bonchev–Trinajstić information content (AvgIpc) is 2.81. The summed E-state index contributed by atoms with van der Waals surface area (Å²) in [5, 5.41) is 0. The van der Waals surface area contributed by atoms with Crippen molar-refractivity contribution in [3.05, 3.63) is 11.1 Å². The molecule has 0 radical (unpaired) electrons. The molecule has 0 spiro atoms. The normalized spacial score (nSPS) is 11.9. The second-order valence-electron chi connectivity index (χ2n) is 9.28. The summed E-state index contributed by atoms with van der Waals surface area (Å²) in [4.78, 5) is 25.7. The molecule has 0 N–H and O–H groups in total. The van der Waals surface area contributed by atoms with E-state index in [4.69, 9.17) is 9.47 Å². The third kappa shape index (κ3) is 17.8. The van der Waals surface area contributed by atoms with E-state index in [2.05, 4.69) is 20.8 Å². The molecule has 0 saturated heterocycles. The molecule has 0 aromatic rings. The lowest BCUT2D eigenvalue weighted by molar-refractivity contribution is -0.142. The van der Waals surface area contributed by atoms with Crippen molar-refractivity contribution in [2.45, 2.75) is 150 Å². The Bertz CT molecular complexity index is 510. The molecule has 0 heterocycles. The van der Waals surface area contributed by atoms with Gasteiger partial charge in [0.05, 0.1) is 13.2 Å². The van der Waals surface area contributed by atoms with Gasteiger partial charge in [0, 0.05) is 11.1 Å². The van der Waals surface area contributed by atoms with Crippen molar-refractivity contribution in [1.29, 1.82) is 0 Å². The number of carbonyl (C=O) groups is 2. The van der Waals surface area contributed by atoms with Crippen molar-refractivity contribution >= 4 is 11.9 Å². The second-order valence-corrected chi connectivity index (χ2v) is 9.28. The lowest BCUT2D eigenvalue weighted by Gasteiger charge is -2.14. The molecule has 0 aromatic carbocycles. The maximum atomic E-state index is 12.9. The van der Waals surface area contributed by atoms with Crippen LogP contribution in [0.15, 0.2) is 11.1 Å². The minimum Gasteiger partial charge on any atom is -0.462 e. The summed E-state index contributed by atoms with van der Waals surface area (Å²) in [6.45, 7) is 9.42. The zero-order valence-corrected chi connectivity index (χ0v) is 22.5. The Morgan fingerprint density at radius 3 is 1.24 bits per heavy atom. The Morgan fingerprint density at radius 1 is 0.455 bits per heavy atom. The maximum absolute atomic E-state index is 12.9. The smallest absolute Gasteiger partial charge is 0.334 e. The number of unbranched alkanes of at least 4 members (excludes halogenated alkanes) is 14. The van der Waals surface area contributed by atoms with E-state index in [1.54, 1.807) is 0 Å². The standard InChI is InChI=1S/C29H54O4/c1-5-9-12-15-18-21-24-32-28(30)26(8-4)27(23-20-17-14-11-7-3)29(31)33-25-22-19-16-13-10-6-2/h5-25H2,1-4H3. The number of esters is 2. The van der Waals surface area contributed by atoms with Crippen LogP contribution in [-0.2, 0) is 19.1 Å². The Morgan fingerprint density at radius 2 is 0.818 bits per heavy atom. The van der Waals surface area contributed by atoms with E-state index in [1.165, 1.54) is 70.6 Å². The third-order valence-electron chi connectivity index (χ3n) is 6.20. The van der Waals surface area contributed by atoms with Crippen LogP contribution in [0.25, 0.3) is 0 Å². The Kier molecular flexibility index (Phi) is 22.9. The van der Waals surface area contributed by atoms with Crippen LogP contribution in [0, 0.1) is 0 Å². The number of carbonyl (C=O) groups excluding carboxylic acids is 2. The third-order valence-corrected chi connectivity index (χ3v) is 6.20. The summed E-state index contributed by atoms with van der Waals surface area (Å²) in [5.74, 6) is -0.640. The number of hydrogen-bond acceptors (Lipinski definition) is 4. The van der Waals surface area contributed by atoms with Gasteiger partial charge in [-0.1, -0.05) is 118 Å². The molecule has 0 aliphatic heterocycles. The SMILES string of the molecule is CCCCCCCCOC(=O)C(CC)=C(CCCCCCC)C(=O)OCCCCCCCC. The first-order chi connectivity index (χ1) is 16.1. The van der Waals surface area contributed by atoms with Crippen LogP contribution >= 0.6 is 0 Å². The molecule has 0 aliphatic rings. The fourth-order valence-corrected chi connectivity index (χ4v) is 4.03. The van der Waals surface area contributed by atoms with Crippen molar-refractivity contribution in [2.75, 3.05) is 13.2 Å². The highest BCUT2D eigenvalue weighted by molar-refractivity contribution is 6.00. The monoisotopic (exact) mass is 466 g/mol. The van der Waals surface area contributed by atoms with Gasteiger partial charge >= 0.3 is 11.9 Å². The van der Waals surface area contributed by atoms with Gasteiger partial charge in [-0.3, -0.25) is 0 Å². The van der Waals surface area contributed by atoms with E-state index >= 15 is 0 Å². The van der Waals surface area contributed by atoms with Crippen LogP contribution in [0.1, 0.15) is 150 Å². The molecule has 0 unspecified atom stereocenters. The minimum absolute atomic E-state index is 0.313. The maximum Gasteiger partial charge on any atom is 0.334 e. The summed E-state index contributed by atoms with van der Waals surface area (Å²) in [7, 11) is 0. The first-order valence-corrected chi connectivity index (χ1v) is 14.2. The quantitative estimate of drug-likeness (QED) is 0.0857. The van der Waals surface area contributed by atoms with E-state index < -0.39 is 0 Å². The van der Waals surface area contributed by atoms with Crippen molar-refractivity contribution in [2.24, 2.45) is 0 Å². The number of rotatable bonds is 23. The van der Waals surface area contributed by atoms with E-state index in [-0.39, 0.29) is 11.9 Å². The Labute approximate surface area is 205 Å². The molecule has 0 saturated carbocycles. The molecule has 33 heavy (non-hydrogen) atoms. The molecule has 0 fully saturated rings. The molecule has 0 amide bonds. The largest absolute Gasteiger partial charge is 0.462 e. The predicted molar refractivity (Wildman–Crippen MR) is 139 cm³/mol. The lowest BCUT2D eigenvalue weighted by atomic mass is 9.99. The number of ether oxygens (including phenoxy) is 2. The molecular weight excluding hydrogens is 412 g/mol. The molecule has 0 aromatic heterocycles. The highest BCUT2D eigenvalue weighted by Gasteiger charge is 2.22. The van der Waals surface area contributed by atoms with Gasteiger partial charge in [-0.2, -0.15) is 0 Å². The lowest BCUT2D eigenvalue weighted by Crippen LogP contribution is -2.17. The summed E-state index contributed by atoms with van der Waals surface area (Å²) >= 11 is 0. The zero-order valence-electron chi connectivity index (χ0n) is 22.5. The van der Waals surface area contributed by atoms with E-state index in [1.807, 2.05) is 6.92 Å². The molecule has 0 aliphatic carbocycles. The van der Waals surface area contributed by atoms with Crippen LogP contribution in [0.3, 0.4) is 0 Å². The van der Waals surface area contributed by atoms with Gasteiger partial charge in [-0.25, -0.2) is 9.59 Å². The zero-order chi connectivity index (χ0) is 24.6. The van der Waals surface area contributed by atoms with Crippen LogP contribution in [0.2, 0.25) is 0 Å². The Hall–Kier alpha value is -1.32. The van der Waals surface area contributed by atoms with Crippen LogP contribution in [-0.4, -0.2) is 25.2 Å². The van der Waals surface area contributed by atoms with Crippen LogP contribution in [0.5, 0.6) is 0 Å². The van der Waals surface area contributed by atoms with Gasteiger partial charge in [0.25, 0.3) is 0 Å². The van der Waals surface area contributed by atoms with Gasteiger partial charge in [-0.15, -0.1) is 0 Å². The topological polar surface area (TPSA) is 52.6 Å². The minimum atomic E-state index is -0.328. The van der Waals surface area contributed by atoms with Crippen molar-refractivity contribution in [1.82, 2.24) is 0 Å². The first kappa shape index (κ1) is 31.7. The van der Waals surface area contributed by atoms with Gasteiger partial charge in [0.15, 0.2) is 0 Å². The van der Waals surface area contributed by atoms with E-state index in [0.717, 1.165) is 38.5 Å². The summed E-state index contributed by atoms with van der Waals surface area (Å²) in [5.41, 5.74) is 1.07. The summed E-state index contributed by atoms with van der Waals surface area (Å²) in [6.07, 6.45) is 20.5. The molecule has 0 rings (SSSR count). The van der Waals surface area contributed by atoms with E-state index in [9.17, 15) is 9.59 Å². The average molecular weight is 467 g/mol. The molecule has 194 valence electrons. The van der Waals surface area contributed by atoms with Crippen molar-refractivity contribution in [3.63, 3.8) is 0 Å². The summed E-state index contributed by atoms with van der Waals surface area (Å²) < 4.78 is 11.2. The van der Waals surface area contributed by atoms with Gasteiger partial charge < -0.3 is 9.47 Å². The molecular formula is C29H54O4. The highest BCUT2D eigenvalue weighted by Crippen LogP contribution is 2.21. The predicted octanol–water partition coefficient (Wildman–Crippen LogP) is 8.86. The fourth-order valence-electron chi connectivity index (χ4n) is 4.03. The molecule has 4 heteroatoms. The highest BCUT2D eigenvalue weighted by atomic mass is 16.5. The van der Waals surface area contributed by atoms with E-state index in [0.29, 0.717) is 37.2 Å². The van der Waals surface area contributed by atoms with Gasteiger partial charge in [-0.05, 0) is 32.1 Å². The fraction of sp³-hybridized carbons (Fsp3) is 0.862. The van der Waals surface area contributed by atoms with Gasteiger partial charge in [0.1, 0.15) is 0 Å². The first-order valence-electron chi connectivity index (χ1n) is 14.2. The van der Waals surface area contributed by atoms with Crippen molar-refractivity contribution in [3.8, 4) is 0 Å². The summed E-state index contributed by atoms with van der Waals surface area (Å²) in [6, 6.07) is 0. The second kappa shape index (κ2) is 23.8. The molecule has 0 atom stereocenters. The molecule has 4 nitrogen and oxygen atoms in total. The van der Waals surface area contributed by atoms with Crippen LogP contribution in [0.4, 0.5) is 0 Å². The van der Waals surface area contributed by atoms with Crippen LogP contribution < -0.4 is 0 Å². The van der Waals surface area contributed by atoms with Crippen molar-refractivity contribution < 1.29 is 19.1 Å².